The molecule has 0 aromatic rings. The number of rotatable bonds is 0. The molecule has 0 rings (SSSR count). The predicted molar refractivity (Wildman–Crippen MR) is 24.5 cm³/mol. The van der Waals surface area contributed by atoms with Crippen molar-refractivity contribution < 1.29 is 20.1 Å². The van der Waals surface area contributed by atoms with Crippen LogP contribution in [0.3, 0.4) is 0 Å². The van der Waals surface area contributed by atoms with Gasteiger partial charge in [-0.1, -0.05) is 0 Å². The fraction of sp³-hybridized carbons (Fsp3) is 0. The van der Waals surface area contributed by atoms with Crippen LogP contribution in [0.15, 0.2) is 0 Å². The molecule has 41 valence electrons. The molecule has 0 aliphatic rings. The summed E-state index contributed by atoms with van der Waals surface area (Å²) in [4.78, 5) is 0. The molecule has 0 saturated heterocycles. The van der Waals surface area contributed by atoms with E-state index in [4.69, 9.17) is 0 Å². The summed E-state index contributed by atoms with van der Waals surface area (Å²) in [6.45, 7) is 0. The first-order valence-electron chi connectivity index (χ1n) is 0. The summed E-state index contributed by atoms with van der Waals surface area (Å²) < 4.78 is 0. The first kappa shape index (κ1) is 321. The van der Waals surface area contributed by atoms with E-state index < -0.39 is 0 Å². The first-order chi connectivity index (χ1) is 0. The molecule has 0 aromatic heterocycles. The van der Waals surface area contributed by atoms with Gasteiger partial charge in [-0.15, -0.1) is 0 Å². The summed E-state index contributed by atoms with van der Waals surface area (Å²) in [6.07, 6.45) is 0. The molecule has 1 radical (unpaired) electrons. The van der Waals surface area contributed by atoms with Gasteiger partial charge in [-0.05, 0) is 0 Å². The second-order valence-corrected chi connectivity index (χ2v) is 0. The third kappa shape index (κ3) is 84.5. The fourth-order valence-corrected chi connectivity index (χ4v) is 0. The van der Waals surface area contributed by atoms with E-state index in [1.807, 2.05) is 0 Å². The van der Waals surface area contributed by atoms with Crippen molar-refractivity contribution >= 4 is 0 Å². The van der Waals surface area contributed by atoms with Gasteiger partial charge < -0.3 is 28.4 Å². The molecule has 0 amide bonds. The van der Waals surface area contributed by atoms with Crippen molar-refractivity contribution in [1.82, 2.24) is 0 Å². The Morgan fingerprint density at radius 2 is 0.600 bits per heavy atom. The zero-order valence-electron chi connectivity index (χ0n) is 3.91. The van der Waals surface area contributed by atoms with Crippen LogP contribution < -0.4 is 0 Å². The van der Waals surface area contributed by atoms with Gasteiger partial charge in [0.1, 0.15) is 0 Å². The Labute approximate surface area is 49.1 Å². The van der Waals surface area contributed by atoms with Crippen molar-refractivity contribution in [2.24, 2.45) is 0 Å². The van der Waals surface area contributed by atoms with Crippen LogP contribution in [-0.2, 0) is 20.1 Å². The summed E-state index contributed by atoms with van der Waals surface area (Å²) in [7, 11) is 0. The van der Waals surface area contributed by atoms with Gasteiger partial charge in [0.25, 0.3) is 0 Å². The average molecular weight is 253 g/mol. The van der Waals surface area contributed by atoms with Crippen LogP contribution in [0, 0.1) is 22.3 Å². The van der Waals surface area contributed by atoms with E-state index in [1.54, 1.807) is 0 Å². The minimum atomic E-state index is 0. The van der Waals surface area contributed by atoms with E-state index in [0.717, 1.165) is 0 Å². The van der Waals surface area contributed by atoms with Crippen LogP contribution >= 0.6 is 0 Å². The monoisotopic (exact) mass is 254 g/mol. The largest absolute Gasteiger partial charge is 0.693 e. The van der Waals surface area contributed by atoms with Crippen LogP contribution in [0.4, 0.5) is 0 Å². The Kier molecular flexibility index (Phi) is 10400. The van der Waals surface area contributed by atoms with Gasteiger partial charge in [0.05, 0.1) is 0 Å². The molecular weight excluding hydrogens is 242 g/mol. The second-order valence-electron chi connectivity index (χ2n) is 0. The standard InChI is InChI=1S/3CH3.Ir.H2N/h3*1H3;;1H2/q3*-1;;-1. The van der Waals surface area contributed by atoms with E-state index in [1.165, 1.54) is 0 Å². The minimum absolute atomic E-state index is 0. The predicted octanol–water partition coefficient (Wildman–Crippen LogP) is 2.07. The molecule has 0 saturated carbocycles. The van der Waals surface area contributed by atoms with Gasteiger partial charge in [-0.25, -0.2) is 0 Å². The molecule has 0 unspecified atom stereocenters. The van der Waals surface area contributed by atoms with E-state index in [2.05, 4.69) is 0 Å². The average Bonchev–Trinajstić information content (AvgIpc) is 0. The molecular formula is C3H11IrN-4. The first-order valence-corrected chi connectivity index (χ1v) is 0. The Morgan fingerprint density at radius 3 is 0.600 bits per heavy atom. The van der Waals surface area contributed by atoms with Gasteiger partial charge in [0.2, 0.25) is 0 Å². The van der Waals surface area contributed by atoms with Crippen molar-refractivity contribution in [3.05, 3.63) is 28.4 Å². The summed E-state index contributed by atoms with van der Waals surface area (Å²) in [5.74, 6) is 0. The van der Waals surface area contributed by atoms with Crippen molar-refractivity contribution in [3.8, 4) is 0 Å². The van der Waals surface area contributed by atoms with E-state index in [-0.39, 0.29) is 48.5 Å². The minimum Gasteiger partial charge on any atom is -0.693 e. The molecule has 1 nitrogen and oxygen atoms in total. The topological polar surface area (TPSA) is 33.5 Å². The Balaban J connectivity index is 0. The van der Waals surface area contributed by atoms with Crippen LogP contribution in [0.25, 0.3) is 6.15 Å². The fourth-order valence-electron chi connectivity index (χ4n) is 0. The van der Waals surface area contributed by atoms with Gasteiger partial charge in [0.15, 0.2) is 0 Å². The van der Waals surface area contributed by atoms with Crippen LogP contribution in [0.2, 0.25) is 0 Å². The molecule has 0 atom stereocenters. The molecule has 0 heterocycles. The molecule has 0 fully saturated rings. The van der Waals surface area contributed by atoms with E-state index in [9.17, 15) is 0 Å². The Hall–Kier alpha value is 0.609. The maximum atomic E-state index is 0. The zero-order valence-corrected chi connectivity index (χ0v) is 6.31. The van der Waals surface area contributed by atoms with Gasteiger partial charge in [0, 0.05) is 20.1 Å². The SMILES string of the molecule is [CH3-].[CH3-].[CH3-].[Ir].[NH2-]. The van der Waals surface area contributed by atoms with Crippen molar-refractivity contribution in [3.63, 3.8) is 0 Å². The molecule has 5 heavy (non-hydrogen) atoms. The zero-order chi connectivity index (χ0) is 0. The van der Waals surface area contributed by atoms with E-state index >= 15 is 0 Å². The van der Waals surface area contributed by atoms with Crippen molar-refractivity contribution in [2.45, 2.75) is 0 Å². The second kappa shape index (κ2) is 162. The molecule has 0 aliphatic heterocycles. The smallest absolute Gasteiger partial charge is 0 e. The van der Waals surface area contributed by atoms with Crippen molar-refractivity contribution in [2.75, 3.05) is 0 Å². The Morgan fingerprint density at radius 1 is 0.600 bits per heavy atom. The van der Waals surface area contributed by atoms with Crippen molar-refractivity contribution in [1.29, 1.82) is 0 Å². The van der Waals surface area contributed by atoms with Gasteiger partial charge >= 0.3 is 0 Å². The molecule has 0 aromatic carbocycles. The molecule has 2 heteroatoms. The number of nitrogens with two attached hydrogens (primary N) is 1. The normalized spacial score (nSPS) is 0. The molecule has 0 spiro atoms. The summed E-state index contributed by atoms with van der Waals surface area (Å²) in [5, 5.41) is 0. The summed E-state index contributed by atoms with van der Waals surface area (Å²) in [6, 6.07) is 0. The Bertz CT molecular complexity index is 6.85. The third-order valence-corrected chi connectivity index (χ3v) is 0. The maximum absolute atomic E-state index is 0. The maximum Gasteiger partial charge on any atom is 0 e. The third-order valence-electron chi connectivity index (χ3n) is 0. The summed E-state index contributed by atoms with van der Waals surface area (Å²) >= 11 is 0. The van der Waals surface area contributed by atoms with Crippen LogP contribution in [0.5, 0.6) is 0 Å². The van der Waals surface area contributed by atoms with E-state index in [0.29, 0.717) is 0 Å². The molecule has 0 aliphatic carbocycles. The van der Waals surface area contributed by atoms with Gasteiger partial charge in [-0.2, -0.15) is 0 Å². The molecule has 2 N–H and O–H groups in total. The van der Waals surface area contributed by atoms with Crippen LogP contribution in [0.1, 0.15) is 0 Å². The van der Waals surface area contributed by atoms with Crippen LogP contribution in [-0.4, -0.2) is 0 Å². The van der Waals surface area contributed by atoms with Gasteiger partial charge in [-0.3, -0.25) is 0 Å². The summed E-state index contributed by atoms with van der Waals surface area (Å²) in [5.41, 5.74) is 0. The molecule has 0 bridgehead atoms. The number of hydrogen-bond acceptors (Lipinski definition) is 0. The number of hydrogen-bond donors (Lipinski definition) is 0. The quantitative estimate of drug-likeness (QED) is 0.592.